The van der Waals surface area contributed by atoms with Crippen molar-refractivity contribution in [1.29, 1.82) is 0 Å². The predicted molar refractivity (Wildman–Crippen MR) is 120 cm³/mol. The van der Waals surface area contributed by atoms with E-state index in [4.69, 9.17) is 12.2 Å². The summed E-state index contributed by atoms with van der Waals surface area (Å²) in [6.07, 6.45) is 6.11. The van der Waals surface area contributed by atoms with E-state index in [-0.39, 0.29) is 12.1 Å². The molecule has 0 aliphatic carbocycles. The van der Waals surface area contributed by atoms with E-state index in [2.05, 4.69) is 68.6 Å². The number of nitrogens with one attached hydrogen (secondary N) is 1. The summed E-state index contributed by atoms with van der Waals surface area (Å²) in [7, 11) is 0. The van der Waals surface area contributed by atoms with Crippen LogP contribution < -0.4 is 10.2 Å². The first-order valence-corrected chi connectivity index (χ1v) is 10.0. The molecule has 0 spiro atoms. The van der Waals surface area contributed by atoms with Crippen LogP contribution in [0.1, 0.15) is 23.3 Å². The Kier molecular flexibility index (Phi) is 4.58. The number of nitrogens with zero attached hydrogens (tertiary/aromatic N) is 3. The first kappa shape index (κ1) is 17.6. The van der Waals surface area contributed by atoms with Crippen LogP contribution in [-0.4, -0.2) is 14.7 Å². The van der Waals surface area contributed by atoms with Gasteiger partial charge in [0.1, 0.15) is 0 Å². The highest BCUT2D eigenvalue weighted by atomic mass is 32.1. The minimum absolute atomic E-state index is 0.00441. The van der Waals surface area contributed by atoms with Crippen molar-refractivity contribution in [2.24, 2.45) is 0 Å². The molecular formula is C24H20N4S. The SMILES string of the molecule is S=C1N[C@H](c2ccccn2)[C@@H](c2ccn(-c3ccccc3)c2)N1c1ccccc1. The van der Waals surface area contributed by atoms with Crippen LogP contribution >= 0.6 is 12.2 Å². The van der Waals surface area contributed by atoms with E-state index in [0.717, 1.165) is 17.1 Å². The minimum atomic E-state index is -0.0319. The Morgan fingerprint density at radius 2 is 1.48 bits per heavy atom. The van der Waals surface area contributed by atoms with Crippen molar-refractivity contribution in [1.82, 2.24) is 14.9 Å². The molecule has 4 aromatic rings. The summed E-state index contributed by atoms with van der Waals surface area (Å²) in [4.78, 5) is 6.80. The smallest absolute Gasteiger partial charge is 0.174 e. The Morgan fingerprint density at radius 3 is 2.17 bits per heavy atom. The number of anilines is 1. The summed E-state index contributed by atoms with van der Waals surface area (Å²) >= 11 is 5.76. The van der Waals surface area contributed by atoms with Gasteiger partial charge in [0.15, 0.2) is 5.11 Å². The van der Waals surface area contributed by atoms with Gasteiger partial charge in [0, 0.05) is 30.0 Å². The third-order valence-electron chi connectivity index (χ3n) is 5.24. The van der Waals surface area contributed by atoms with Crippen molar-refractivity contribution in [3.63, 3.8) is 0 Å². The molecule has 2 aromatic heterocycles. The Hall–Kier alpha value is -3.44. The second-order valence-electron chi connectivity index (χ2n) is 7.02. The summed E-state index contributed by atoms with van der Waals surface area (Å²) in [5.74, 6) is 0. The maximum absolute atomic E-state index is 5.76. The zero-order chi connectivity index (χ0) is 19.6. The van der Waals surface area contributed by atoms with Crippen LogP contribution in [0.2, 0.25) is 0 Å². The van der Waals surface area contributed by atoms with Gasteiger partial charge in [0.05, 0.1) is 17.8 Å². The van der Waals surface area contributed by atoms with Gasteiger partial charge in [-0.2, -0.15) is 0 Å². The molecule has 0 bridgehead atoms. The quantitative estimate of drug-likeness (QED) is 0.490. The van der Waals surface area contributed by atoms with Crippen molar-refractivity contribution in [2.45, 2.75) is 12.1 Å². The molecular weight excluding hydrogens is 376 g/mol. The molecule has 5 rings (SSSR count). The molecule has 1 N–H and O–H groups in total. The molecule has 0 saturated carbocycles. The number of para-hydroxylation sites is 2. The predicted octanol–water partition coefficient (Wildman–Crippen LogP) is 5.05. The van der Waals surface area contributed by atoms with E-state index < -0.39 is 0 Å². The van der Waals surface area contributed by atoms with Crippen molar-refractivity contribution in [3.8, 4) is 5.69 Å². The summed E-state index contributed by atoms with van der Waals surface area (Å²) < 4.78 is 2.15. The number of thiocarbonyl (C=S) groups is 1. The van der Waals surface area contributed by atoms with Crippen LogP contribution in [0.25, 0.3) is 5.69 Å². The maximum Gasteiger partial charge on any atom is 0.174 e. The molecule has 1 saturated heterocycles. The third kappa shape index (κ3) is 3.30. The zero-order valence-electron chi connectivity index (χ0n) is 15.7. The molecule has 0 unspecified atom stereocenters. The normalized spacial score (nSPS) is 18.6. The molecule has 5 heteroatoms. The fourth-order valence-electron chi connectivity index (χ4n) is 3.91. The molecule has 2 atom stereocenters. The van der Waals surface area contributed by atoms with Crippen LogP contribution in [0.5, 0.6) is 0 Å². The van der Waals surface area contributed by atoms with E-state index in [0.29, 0.717) is 5.11 Å². The average Bonchev–Trinajstić information content (AvgIpc) is 3.40. The Morgan fingerprint density at radius 1 is 0.793 bits per heavy atom. The molecule has 0 amide bonds. The molecule has 2 aromatic carbocycles. The van der Waals surface area contributed by atoms with Crippen molar-refractivity contribution in [3.05, 3.63) is 115 Å². The van der Waals surface area contributed by atoms with Crippen molar-refractivity contribution in [2.75, 3.05) is 4.90 Å². The molecule has 1 aliphatic heterocycles. The van der Waals surface area contributed by atoms with Crippen LogP contribution in [0, 0.1) is 0 Å². The molecule has 1 aliphatic rings. The van der Waals surface area contributed by atoms with E-state index in [1.807, 2.05) is 54.7 Å². The zero-order valence-corrected chi connectivity index (χ0v) is 16.5. The van der Waals surface area contributed by atoms with Gasteiger partial charge in [0.2, 0.25) is 0 Å². The fourth-order valence-corrected chi connectivity index (χ4v) is 4.26. The number of hydrogen-bond donors (Lipinski definition) is 1. The number of rotatable bonds is 4. The molecule has 142 valence electrons. The highest BCUT2D eigenvalue weighted by molar-refractivity contribution is 7.80. The molecule has 3 heterocycles. The van der Waals surface area contributed by atoms with E-state index >= 15 is 0 Å². The van der Waals surface area contributed by atoms with Gasteiger partial charge in [-0.3, -0.25) is 4.98 Å². The lowest BCUT2D eigenvalue weighted by Crippen LogP contribution is -2.29. The molecule has 29 heavy (non-hydrogen) atoms. The maximum atomic E-state index is 5.76. The minimum Gasteiger partial charge on any atom is -0.351 e. The monoisotopic (exact) mass is 396 g/mol. The second kappa shape index (κ2) is 7.53. The highest BCUT2D eigenvalue weighted by Gasteiger charge is 2.40. The van der Waals surface area contributed by atoms with Gasteiger partial charge in [-0.25, -0.2) is 0 Å². The van der Waals surface area contributed by atoms with E-state index in [1.54, 1.807) is 0 Å². The Bertz CT molecular complexity index is 1110. The van der Waals surface area contributed by atoms with Gasteiger partial charge in [-0.15, -0.1) is 0 Å². The number of benzene rings is 2. The standard InChI is InChI=1S/C24H20N4S/c29-24-26-22(21-13-7-8-15-25-21)23(28(24)20-11-5-2-6-12-20)18-14-16-27(17-18)19-9-3-1-4-10-19/h1-17,22-23H,(H,26,29)/t22-,23-/m1/s1. The van der Waals surface area contributed by atoms with Crippen molar-refractivity contribution < 1.29 is 0 Å². The fraction of sp³-hybridized carbons (Fsp3) is 0.0833. The molecule has 0 radical (unpaired) electrons. The van der Waals surface area contributed by atoms with Crippen LogP contribution in [0.4, 0.5) is 5.69 Å². The van der Waals surface area contributed by atoms with E-state index in [1.165, 1.54) is 5.56 Å². The third-order valence-corrected chi connectivity index (χ3v) is 5.56. The summed E-state index contributed by atoms with van der Waals surface area (Å²) in [5, 5.41) is 4.21. The topological polar surface area (TPSA) is 33.1 Å². The Balaban J connectivity index is 1.60. The summed E-state index contributed by atoms with van der Waals surface area (Å²) in [5.41, 5.74) is 4.36. The first-order valence-electron chi connectivity index (χ1n) is 9.60. The number of aromatic nitrogens is 2. The summed E-state index contributed by atoms with van der Waals surface area (Å²) in [6.45, 7) is 0. The average molecular weight is 397 g/mol. The van der Waals surface area contributed by atoms with Crippen LogP contribution in [0.3, 0.4) is 0 Å². The largest absolute Gasteiger partial charge is 0.351 e. The molecule has 1 fully saturated rings. The number of pyridine rings is 1. The lowest BCUT2D eigenvalue weighted by molar-refractivity contribution is 0.568. The second-order valence-corrected chi connectivity index (χ2v) is 7.41. The van der Waals surface area contributed by atoms with Gasteiger partial charge in [-0.05, 0) is 60.2 Å². The highest BCUT2D eigenvalue weighted by Crippen LogP contribution is 2.41. The van der Waals surface area contributed by atoms with E-state index in [9.17, 15) is 0 Å². The van der Waals surface area contributed by atoms with Gasteiger partial charge in [-0.1, -0.05) is 42.5 Å². The van der Waals surface area contributed by atoms with Crippen LogP contribution in [0.15, 0.2) is 104 Å². The van der Waals surface area contributed by atoms with Gasteiger partial charge >= 0.3 is 0 Å². The lowest BCUT2D eigenvalue weighted by Gasteiger charge is -2.27. The summed E-state index contributed by atoms with van der Waals surface area (Å²) in [6, 6.07) is 28.8. The van der Waals surface area contributed by atoms with Crippen molar-refractivity contribution >= 4 is 23.0 Å². The lowest BCUT2D eigenvalue weighted by atomic mass is 9.98. The molecule has 4 nitrogen and oxygen atoms in total. The number of hydrogen-bond acceptors (Lipinski definition) is 2. The van der Waals surface area contributed by atoms with Gasteiger partial charge < -0.3 is 14.8 Å². The van der Waals surface area contributed by atoms with Gasteiger partial charge in [0.25, 0.3) is 0 Å². The Labute approximate surface area is 175 Å². The van der Waals surface area contributed by atoms with Crippen LogP contribution in [-0.2, 0) is 0 Å². The first-order chi connectivity index (χ1) is 14.3.